The Hall–Kier alpha value is -1.68. The number of fused-ring (bicyclic) bond motifs is 1. The van der Waals surface area contributed by atoms with Crippen molar-refractivity contribution in [1.29, 1.82) is 0 Å². The lowest BCUT2D eigenvalue weighted by Gasteiger charge is -2.29. The fraction of sp³-hybridized carbons (Fsp3) is 0.450. The second kappa shape index (κ2) is 9.31. The number of carbonyl (C=O) groups is 1. The fourth-order valence-electron chi connectivity index (χ4n) is 3.07. The first-order valence-corrected chi connectivity index (χ1v) is 10.6. The Kier molecular flexibility index (Phi) is 7.39. The van der Waals surface area contributed by atoms with Gasteiger partial charge in [-0.15, -0.1) is 0 Å². The van der Waals surface area contributed by atoms with Gasteiger partial charge < -0.3 is 13.8 Å². The van der Waals surface area contributed by atoms with Gasteiger partial charge in [0.2, 0.25) is 0 Å². The van der Waals surface area contributed by atoms with E-state index in [0.717, 1.165) is 16.3 Å². The van der Waals surface area contributed by atoms with Crippen LogP contribution in [0.25, 0.3) is 10.8 Å². The Labute approximate surface area is 155 Å². The van der Waals surface area contributed by atoms with Crippen LogP contribution in [-0.2, 0) is 23.1 Å². The molecular weight excluding hydrogens is 351 g/mol. The molecule has 5 nitrogen and oxygen atoms in total. The number of hydrogen-bond acceptors (Lipinski definition) is 5. The summed E-state index contributed by atoms with van der Waals surface area (Å²) in [4.78, 5) is 12.7. The summed E-state index contributed by atoms with van der Waals surface area (Å²) in [7, 11) is -3.67. The van der Waals surface area contributed by atoms with E-state index in [-0.39, 0.29) is 25.7 Å². The van der Waals surface area contributed by atoms with Gasteiger partial charge >= 0.3 is 13.6 Å². The van der Waals surface area contributed by atoms with Crippen molar-refractivity contribution in [3.8, 4) is 0 Å². The Morgan fingerprint density at radius 2 is 1.58 bits per heavy atom. The summed E-state index contributed by atoms with van der Waals surface area (Å²) in [5.41, 5.74) is -0.120. The molecule has 0 spiro atoms. The van der Waals surface area contributed by atoms with Gasteiger partial charge in [0.1, 0.15) is 0 Å². The van der Waals surface area contributed by atoms with E-state index in [1.165, 1.54) is 0 Å². The Bertz CT molecular complexity index is 779. The third-order valence-electron chi connectivity index (χ3n) is 4.26. The van der Waals surface area contributed by atoms with Crippen LogP contribution >= 0.6 is 7.60 Å². The van der Waals surface area contributed by atoms with Crippen molar-refractivity contribution < 1.29 is 23.1 Å². The standard InChI is InChI=1S/C20H27O5P/c1-5-23-20(21)19(26(22,24-6-2)25-7-3)15(4)17-13-12-16-10-8-9-11-18(16)14-17/h8-15,19H,5-7H2,1-4H3. The normalized spacial score (nSPS) is 14.2. The van der Waals surface area contributed by atoms with Crippen molar-refractivity contribution in [2.75, 3.05) is 19.8 Å². The smallest absolute Gasteiger partial charge is 0.345 e. The van der Waals surface area contributed by atoms with Gasteiger partial charge in [-0.3, -0.25) is 9.36 Å². The zero-order chi connectivity index (χ0) is 19.2. The molecule has 142 valence electrons. The molecule has 2 atom stereocenters. The molecular formula is C20H27O5P. The molecule has 0 aromatic heterocycles. The van der Waals surface area contributed by atoms with Crippen molar-refractivity contribution >= 4 is 24.3 Å². The molecule has 0 radical (unpaired) electrons. The summed E-state index contributed by atoms with van der Waals surface area (Å²) in [6, 6.07) is 13.9. The topological polar surface area (TPSA) is 61.8 Å². The molecule has 2 aromatic carbocycles. The van der Waals surface area contributed by atoms with Crippen LogP contribution in [-0.4, -0.2) is 31.4 Å². The maximum atomic E-state index is 13.4. The van der Waals surface area contributed by atoms with E-state index in [9.17, 15) is 9.36 Å². The summed E-state index contributed by atoms with van der Waals surface area (Å²) in [6.07, 6.45) is 0. The number of esters is 1. The SMILES string of the molecule is CCOC(=O)C(C(C)c1ccc2ccccc2c1)P(=O)(OCC)OCC. The Morgan fingerprint density at radius 3 is 2.15 bits per heavy atom. The lowest BCUT2D eigenvalue weighted by Crippen LogP contribution is -2.31. The zero-order valence-electron chi connectivity index (χ0n) is 15.8. The van der Waals surface area contributed by atoms with Gasteiger partial charge in [-0.25, -0.2) is 0 Å². The number of carbonyl (C=O) groups excluding carboxylic acids is 1. The molecule has 2 unspecified atom stereocenters. The van der Waals surface area contributed by atoms with Crippen molar-refractivity contribution in [2.24, 2.45) is 0 Å². The molecule has 0 N–H and O–H groups in total. The van der Waals surface area contributed by atoms with Crippen LogP contribution in [0.4, 0.5) is 0 Å². The Morgan fingerprint density at radius 1 is 0.962 bits per heavy atom. The van der Waals surface area contributed by atoms with Crippen molar-refractivity contribution in [3.63, 3.8) is 0 Å². The molecule has 2 rings (SSSR count). The number of benzene rings is 2. The molecule has 0 amide bonds. The monoisotopic (exact) mass is 378 g/mol. The van der Waals surface area contributed by atoms with Gasteiger partial charge in [0.05, 0.1) is 19.8 Å². The van der Waals surface area contributed by atoms with E-state index in [1.54, 1.807) is 20.8 Å². The third-order valence-corrected chi connectivity index (χ3v) is 6.84. The highest BCUT2D eigenvalue weighted by atomic mass is 31.2. The minimum atomic E-state index is -3.67. The van der Waals surface area contributed by atoms with E-state index in [4.69, 9.17) is 13.8 Å². The highest BCUT2D eigenvalue weighted by molar-refractivity contribution is 7.55. The van der Waals surface area contributed by atoms with Gasteiger partial charge in [-0.2, -0.15) is 0 Å². The van der Waals surface area contributed by atoms with Crippen molar-refractivity contribution in [1.82, 2.24) is 0 Å². The van der Waals surface area contributed by atoms with E-state index in [2.05, 4.69) is 0 Å². The summed E-state index contributed by atoms with van der Waals surface area (Å²) < 4.78 is 29.5. The minimum absolute atomic E-state index is 0.192. The van der Waals surface area contributed by atoms with E-state index in [1.807, 2.05) is 49.4 Å². The Balaban J connectivity index is 2.47. The highest BCUT2D eigenvalue weighted by Gasteiger charge is 2.46. The fourth-order valence-corrected chi connectivity index (χ4v) is 5.23. The number of hydrogen-bond donors (Lipinski definition) is 0. The lowest BCUT2D eigenvalue weighted by atomic mass is 9.95. The summed E-state index contributed by atoms with van der Waals surface area (Å²) in [5, 5.41) is 2.16. The number of ether oxygens (including phenoxy) is 1. The van der Waals surface area contributed by atoms with Gasteiger partial charge in [0.25, 0.3) is 0 Å². The lowest BCUT2D eigenvalue weighted by molar-refractivity contribution is -0.143. The maximum absolute atomic E-state index is 13.4. The van der Waals surface area contributed by atoms with Crippen LogP contribution in [0.2, 0.25) is 0 Å². The highest BCUT2D eigenvalue weighted by Crippen LogP contribution is 2.57. The third kappa shape index (κ3) is 4.53. The van der Waals surface area contributed by atoms with Gasteiger partial charge in [-0.1, -0.05) is 49.4 Å². The molecule has 6 heteroatoms. The van der Waals surface area contributed by atoms with Crippen molar-refractivity contribution in [2.45, 2.75) is 39.3 Å². The first-order chi connectivity index (χ1) is 12.5. The molecule has 0 fully saturated rings. The summed E-state index contributed by atoms with van der Waals surface area (Å²) in [5.74, 6) is -0.944. The van der Waals surface area contributed by atoms with Gasteiger partial charge in [0.15, 0.2) is 5.66 Å². The maximum Gasteiger partial charge on any atom is 0.345 e. The van der Waals surface area contributed by atoms with E-state index >= 15 is 0 Å². The predicted molar refractivity (Wildman–Crippen MR) is 104 cm³/mol. The van der Waals surface area contributed by atoms with E-state index in [0.29, 0.717) is 0 Å². The quantitative estimate of drug-likeness (QED) is 0.446. The molecule has 0 aliphatic heterocycles. The van der Waals surface area contributed by atoms with Crippen LogP contribution in [0.5, 0.6) is 0 Å². The molecule has 0 aliphatic rings. The summed E-state index contributed by atoms with van der Waals surface area (Å²) in [6.45, 7) is 7.63. The molecule has 2 aromatic rings. The van der Waals surface area contributed by atoms with Crippen LogP contribution in [0.15, 0.2) is 42.5 Å². The van der Waals surface area contributed by atoms with E-state index < -0.39 is 19.2 Å². The first kappa shape index (κ1) is 20.6. The molecule has 0 saturated carbocycles. The second-order valence-electron chi connectivity index (χ2n) is 5.97. The van der Waals surface area contributed by atoms with Gasteiger partial charge in [-0.05, 0) is 37.1 Å². The molecule has 0 saturated heterocycles. The molecule has 26 heavy (non-hydrogen) atoms. The van der Waals surface area contributed by atoms with Crippen LogP contribution in [0.1, 0.15) is 39.2 Å². The van der Waals surface area contributed by atoms with Crippen LogP contribution < -0.4 is 0 Å². The number of rotatable bonds is 9. The molecule has 0 heterocycles. The average molecular weight is 378 g/mol. The van der Waals surface area contributed by atoms with Crippen LogP contribution in [0.3, 0.4) is 0 Å². The zero-order valence-corrected chi connectivity index (χ0v) is 16.7. The summed E-state index contributed by atoms with van der Waals surface area (Å²) >= 11 is 0. The largest absolute Gasteiger partial charge is 0.465 e. The second-order valence-corrected chi connectivity index (χ2v) is 8.12. The predicted octanol–water partition coefficient (Wildman–Crippen LogP) is 5.14. The van der Waals surface area contributed by atoms with Crippen molar-refractivity contribution in [3.05, 3.63) is 48.0 Å². The minimum Gasteiger partial charge on any atom is -0.465 e. The molecule has 0 bridgehead atoms. The molecule has 0 aliphatic carbocycles. The van der Waals surface area contributed by atoms with Gasteiger partial charge in [0, 0.05) is 5.92 Å². The van der Waals surface area contributed by atoms with Crippen LogP contribution in [0, 0.1) is 0 Å². The first-order valence-electron chi connectivity index (χ1n) is 9.00. The average Bonchev–Trinajstić information content (AvgIpc) is 2.62.